The lowest BCUT2D eigenvalue weighted by atomic mass is 9.96. The SMILES string of the molecule is CC(C)(C)CNc1c(C#N)cnc2c(Cl)cc(N[C@H](C3=CN(C4(C(F)F)CC4)NN3)c3cccc4ncsc34)cc12. The van der Waals surface area contributed by atoms with Crippen LogP contribution in [0.25, 0.3) is 21.1 Å². The van der Waals surface area contributed by atoms with E-state index in [0.717, 1.165) is 15.8 Å². The standard InChI is InChI=1S/C29H29ClF2N8S/c1-28(2,3)14-35-23-16(11-33)12-34-24-19(23)9-17(10-20(24)30)37-25(18-5-4-6-21-26(18)41-15-36-21)22-13-40(39-38-22)29(7-8-29)27(31)32/h4-6,9-10,12-13,15,25,27,37-39H,7-8,14H2,1-3H3,(H,34,35)/t25-/m0/s1. The van der Waals surface area contributed by atoms with E-state index in [4.69, 9.17) is 11.6 Å². The van der Waals surface area contributed by atoms with Crippen LogP contribution in [0.4, 0.5) is 20.2 Å². The average Bonchev–Trinajstić information content (AvgIpc) is 3.35. The summed E-state index contributed by atoms with van der Waals surface area (Å²) in [5.41, 5.74) is 11.4. The molecule has 12 heteroatoms. The molecule has 1 aliphatic carbocycles. The van der Waals surface area contributed by atoms with Crippen LogP contribution < -0.4 is 21.6 Å². The van der Waals surface area contributed by atoms with Crippen molar-refractivity contribution in [3.8, 4) is 6.07 Å². The number of nitrogens with zero attached hydrogens (tertiary/aromatic N) is 4. The molecule has 1 saturated carbocycles. The zero-order valence-electron chi connectivity index (χ0n) is 22.7. The van der Waals surface area contributed by atoms with E-state index in [9.17, 15) is 14.0 Å². The third kappa shape index (κ3) is 5.12. The molecule has 2 aliphatic rings. The first-order valence-corrected chi connectivity index (χ1v) is 14.5. The van der Waals surface area contributed by atoms with E-state index in [1.807, 2.05) is 24.3 Å². The largest absolute Gasteiger partial charge is 0.383 e. The maximum Gasteiger partial charge on any atom is 0.262 e. The molecule has 0 amide bonds. The fraction of sp³-hybridized carbons (Fsp3) is 0.345. The van der Waals surface area contributed by atoms with E-state index < -0.39 is 18.0 Å². The summed E-state index contributed by atoms with van der Waals surface area (Å²) >= 11 is 8.27. The van der Waals surface area contributed by atoms with Gasteiger partial charge >= 0.3 is 0 Å². The van der Waals surface area contributed by atoms with Gasteiger partial charge in [-0.15, -0.1) is 16.9 Å². The molecule has 1 aliphatic heterocycles. The van der Waals surface area contributed by atoms with E-state index in [-0.39, 0.29) is 5.41 Å². The number of anilines is 2. The molecule has 4 N–H and O–H groups in total. The topological polar surface area (TPSA) is 101 Å². The van der Waals surface area contributed by atoms with Gasteiger partial charge in [0.2, 0.25) is 0 Å². The van der Waals surface area contributed by atoms with Gasteiger partial charge in [-0.1, -0.05) is 44.5 Å². The van der Waals surface area contributed by atoms with Crippen LogP contribution in [0.2, 0.25) is 5.02 Å². The summed E-state index contributed by atoms with van der Waals surface area (Å²) < 4.78 is 28.8. The molecule has 0 unspecified atom stereocenters. The van der Waals surface area contributed by atoms with Gasteiger partial charge in [0.15, 0.2) is 0 Å². The highest BCUT2D eigenvalue weighted by Gasteiger charge is 2.56. The molecule has 0 bridgehead atoms. The Balaban J connectivity index is 1.44. The summed E-state index contributed by atoms with van der Waals surface area (Å²) in [5.74, 6) is 0. The Labute approximate surface area is 245 Å². The molecule has 1 fully saturated rings. The van der Waals surface area contributed by atoms with Crippen molar-refractivity contribution in [2.24, 2.45) is 5.41 Å². The van der Waals surface area contributed by atoms with Gasteiger partial charge in [-0.25, -0.2) is 13.8 Å². The van der Waals surface area contributed by atoms with Crippen molar-refractivity contribution >= 4 is 55.4 Å². The molecule has 0 saturated heterocycles. The molecule has 0 spiro atoms. The lowest BCUT2D eigenvalue weighted by Crippen LogP contribution is -2.48. The minimum absolute atomic E-state index is 0.0306. The van der Waals surface area contributed by atoms with Gasteiger partial charge in [0, 0.05) is 30.0 Å². The molecular weight excluding hydrogens is 566 g/mol. The lowest BCUT2D eigenvalue weighted by molar-refractivity contribution is 0.00911. The first-order valence-electron chi connectivity index (χ1n) is 13.3. The summed E-state index contributed by atoms with van der Waals surface area (Å²) in [5, 5.41) is 19.5. The first kappa shape index (κ1) is 27.4. The Morgan fingerprint density at radius 3 is 2.76 bits per heavy atom. The van der Waals surface area contributed by atoms with E-state index in [1.54, 1.807) is 17.8 Å². The lowest BCUT2D eigenvalue weighted by Gasteiger charge is -2.25. The second-order valence-corrected chi connectivity index (χ2v) is 12.9. The predicted octanol–water partition coefficient (Wildman–Crippen LogP) is 6.94. The highest BCUT2D eigenvalue weighted by atomic mass is 35.5. The number of hydrogen-bond donors (Lipinski definition) is 4. The second-order valence-electron chi connectivity index (χ2n) is 11.6. The highest BCUT2D eigenvalue weighted by Crippen LogP contribution is 2.47. The molecule has 1 atom stereocenters. The zero-order valence-corrected chi connectivity index (χ0v) is 24.3. The van der Waals surface area contributed by atoms with Crippen molar-refractivity contribution in [2.75, 3.05) is 17.2 Å². The van der Waals surface area contributed by atoms with Gasteiger partial charge in [0.25, 0.3) is 6.43 Å². The number of nitrogens with one attached hydrogen (secondary N) is 4. The van der Waals surface area contributed by atoms with Crippen molar-refractivity contribution in [1.29, 1.82) is 5.26 Å². The predicted molar refractivity (Wildman–Crippen MR) is 160 cm³/mol. The van der Waals surface area contributed by atoms with Gasteiger partial charge in [0.05, 0.1) is 49.3 Å². The van der Waals surface area contributed by atoms with Crippen molar-refractivity contribution < 1.29 is 8.78 Å². The number of fused-ring (bicyclic) bond motifs is 2. The number of nitriles is 1. The first-order chi connectivity index (χ1) is 19.6. The Morgan fingerprint density at radius 2 is 2.05 bits per heavy atom. The van der Waals surface area contributed by atoms with Crippen molar-refractivity contribution in [3.63, 3.8) is 0 Å². The fourth-order valence-corrected chi connectivity index (χ4v) is 6.11. The number of pyridine rings is 1. The molecule has 212 valence electrons. The molecule has 2 aromatic heterocycles. The highest BCUT2D eigenvalue weighted by molar-refractivity contribution is 7.17. The summed E-state index contributed by atoms with van der Waals surface area (Å²) in [6, 6.07) is 11.4. The minimum Gasteiger partial charge on any atom is -0.383 e. The van der Waals surface area contributed by atoms with E-state index >= 15 is 0 Å². The number of rotatable bonds is 8. The van der Waals surface area contributed by atoms with Crippen LogP contribution in [-0.4, -0.2) is 33.5 Å². The van der Waals surface area contributed by atoms with Crippen LogP contribution in [0, 0.1) is 16.7 Å². The summed E-state index contributed by atoms with van der Waals surface area (Å²) in [6.45, 7) is 6.97. The van der Waals surface area contributed by atoms with Gasteiger partial charge in [-0.2, -0.15) is 5.26 Å². The van der Waals surface area contributed by atoms with Gasteiger partial charge in [-0.3, -0.25) is 9.99 Å². The molecule has 0 radical (unpaired) electrons. The number of alkyl halides is 2. The van der Waals surface area contributed by atoms with Gasteiger partial charge in [0.1, 0.15) is 11.6 Å². The molecule has 3 heterocycles. The van der Waals surface area contributed by atoms with Crippen molar-refractivity contribution in [2.45, 2.75) is 51.6 Å². The Morgan fingerprint density at radius 1 is 1.24 bits per heavy atom. The van der Waals surface area contributed by atoms with E-state index in [1.165, 1.54) is 22.5 Å². The van der Waals surface area contributed by atoms with Crippen LogP contribution in [0.5, 0.6) is 0 Å². The Bertz CT molecular complexity index is 1700. The number of halogens is 3. The monoisotopic (exact) mass is 594 g/mol. The third-order valence-corrected chi connectivity index (χ3v) is 8.58. The van der Waals surface area contributed by atoms with Crippen molar-refractivity contribution in [1.82, 2.24) is 25.9 Å². The van der Waals surface area contributed by atoms with Crippen LogP contribution >= 0.6 is 22.9 Å². The number of hydrogen-bond acceptors (Lipinski definition) is 9. The zero-order chi connectivity index (χ0) is 28.9. The normalized spacial score (nSPS) is 16.9. The summed E-state index contributed by atoms with van der Waals surface area (Å²) in [7, 11) is 0. The summed E-state index contributed by atoms with van der Waals surface area (Å²) in [4.78, 5) is 8.93. The van der Waals surface area contributed by atoms with Crippen LogP contribution in [0.15, 0.2) is 53.9 Å². The number of aromatic nitrogens is 2. The van der Waals surface area contributed by atoms with Crippen LogP contribution in [-0.2, 0) is 0 Å². The third-order valence-electron chi connectivity index (χ3n) is 7.40. The maximum atomic E-state index is 13.9. The number of hydrazine groups is 2. The molecular formula is C29H29ClF2N8S. The van der Waals surface area contributed by atoms with Gasteiger partial charge in [-0.05, 0) is 42.0 Å². The number of thiazole rings is 1. The molecule has 2 aromatic carbocycles. The Kier molecular flexibility index (Phi) is 6.88. The average molecular weight is 595 g/mol. The molecule has 8 nitrogen and oxygen atoms in total. The van der Waals surface area contributed by atoms with Gasteiger partial charge < -0.3 is 16.1 Å². The maximum absolute atomic E-state index is 13.9. The number of benzene rings is 2. The van der Waals surface area contributed by atoms with E-state index in [0.29, 0.717) is 57.9 Å². The van der Waals surface area contributed by atoms with Crippen LogP contribution in [0.3, 0.4) is 0 Å². The molecule has 4 aromatic rings. The molecule has 41 heavy (non-hydrogen) atoms. The smallest absolute Gasteiger partial charge is 0.262 e. The quantitative estimate of drug-likeness (QED) is 0.174. The van der Waals surface area contributed by atoms with Crippen LogP contribution in [0.1, 0.15) is 50.8 Å². The van der Waals surface area contributed by atoms with E-state index in [2.05, 4.69) is 58.4 Å². The fourth-order valence-electron chi connectivity index (χ4n) is 5.00. The second kappa shape index (κ2) is 10.3. The Hall–Kier alpha value is -3.72. The minimum atomic E-state index is -2.48. The molecule has 6 rings (SSSR count). The summed E-state index contributed by atoms with van der Waals surface area (Å²) in [6.07, 6.45) is 1.58. The van der Waals surface area contributed by atoms with Crippen molar-refractivity contribution in [3.05, 3.63) is 70.1 Å².